The van der Waals surface area contributed by atoms with E-state index in [4.69, 9.17) is 11.6 Å². The third-order valence-electron chi connectivity index (χ3n) is 1.85. The molecule has 0 heterocycles. The fourth-order valence-electron chi connectivity index (χ4n) is 1.13. The SMILES string of the molecule is C=C(Cl)Cc1ccc(N(C)C)cc1. The van der Waals surface area contributed by atoms with Gasteiger partial charge < -0.3 is 4.90 Å². The first-order valence-corrected chi connectivity index (χ1v) is 4.57. The number of hydrogen-bond acceptors (Lipinski definition) is 1. The highest BCUT2D eigenvalue weighted by Gasteiger charge is 1.96. The summed E-state index contributed by atoms with van der Waals surface area (Å²) < 4.78 is 0. The molecule has 0 saturated heterocycles. The summed E-state index contributed by atoms with van der Waals surface area (Å²) in [5.74, 6) is 0. The largest absolute Gasteiger partial charge is 0.378 e. The molecule has 1 nitrogen and oxygen atoms in total. The van der Waals surface area contributed by atoms with Gasteiger partial charge in [0.2, 0.25) is 0 Å². The minimum absolute atomic E-state index is 0.678. The molecule has 0 atom stereocenters. The normalized spacial score (nSPS) is 9.77. The summed E-state index contributed by atoms with van der Waals surface area (Å²) in [6.45, 7) is 3.66. The summed E-state index contributed by atoms with van der Waals surface area (Å²) in [5, 5.41) is 0.678. The number of halogens is 1. The minimum atomic E-state index is 0.678. The lowest BCUT2D eigenvalue weighted by Crippen LogP contribution is -2.08. The summed E-state index contributed by atoms with van der Waals surface area (Å²) in [6.07, 6.45) is 0.745. The van der Waals surface area contributed by atoms with Crippen molar-refractivity contribution >= 4 is 17.3 Å². The fourth-order valence-corrected chi connectivity index (χ4v) is 1.29. The van der Waals surface area contributed by atoms with Crippen LogP contribution < -0.4 is 4.90 Å². The van der Waals surface area contributed by atoms with Gasteiger partial charge in [0.05, 0.1) is 0 Å². The maximum absolute atomic E-state index is 5.71. The number of nitrogens with zero attached hydrogens (tertiary/aromatic N) is 1. The molecule has 0 fully saturated rings. The van der Waals surface area contributed by atoms with Gasteiger partial charge in [0.25, 0.3) is 0 Å². The van der Waals surface area contributed by atoms with Crippen LogP contribution in [0, 0.1) is 0 Å². The summed E-state index contributed by atoms with van der Waals surface area (Å²) >= 11 is 5.71. The van der Waals surface area contributed by atoms with E-state index in [2.05, 4.69) is 35.7 Å². The van der Waals surface area contributed by atoms with E-state index >= 15 is 0 Å². The van der Waals surface area contributed by atoms with Crippen molar-refractivity contribution in [1.29, 1.82) is 0 Å². The quantitative estimate of drug-likeness (QED) is 0.717. The van der Waals surface area contributed by atoms with Crippen molar-refractivity contribution in [3.63, 3.8) is 0 Å². The van der Waals surface area contributed by atoms with Crippen LogP contribution >= 0.6 is 11.6 Å². The lowest BCUT2D eigenvalue weighted by Gasteiger charge is -2.12. The Morgan fingerprint density at radius 3 is 2.23 bits per heavy atom. The molecule has 0 aliphatic carbocycles. The maximum Gasteiger partial charge on any atom is 0.0361 e. The van der Waals surface area contributed by atoms with Crippen molar-refractivity contribution in [2.45, 2.75) is 6.42 Å². The van der Waals surface area contributed by atoms with Crippen molar-refractivity contribution in [3.8, 4) is 0 Å². The number of anilines is 1. The van der Waals surface area contributed by atoms with Crippen molar-refractivity contribution in [2.75, 3.05) is 19.0 Å². The Morgan fingerprint density at radius 2 is 1.85 bits per heavy atom. The molecule has 0 bridgehead atoms. The minimum Gasteiger partial charge on any atom is -0.378 e. The van der Waals surface area contributed by atoms with Gasteiger partial charge in [-0.3, -0.25) is 0 Å². The van der Waals surface area contributed by atoms with Crippen LogP contribution in [-0.4, -0.2) is 14.1 Å². The third-order valence-corrected chi connectivity index (χ3v) is 1.98. The van der Waals surface area contributed by atoms with E-state index in [-0.39, 0.29) is 0 Å². The van der Waals surface area contributed by atoms with E-state index < -0.39 is 0 Å². The van der Waals surface area contributed by atoms with E-state index in [1.54, 1.807) is 0 Å². The van der Waals surface area contributed by atoms with E-state index in [9.17, 15) is 0 Å². The van der Waals surface area contributed by atoms with Crippen LogP contribution in [0.25, 0.3) is 0 Å². The summed E-state index contributed by atoms with van der Waals surface area (Å²) in [7, 11) is 4.05. The molecular weight excluding hydrogens is 182 g/mol. The molecule has 2 heteroatoms. The van der Waals surface area contributed by atoms with Crippen molar-refractivity contribution < 1.29 is 0 Å². The highest BCUT2D eigenvalue weighted by Crippen LogP contribution is 2.15. The first-order chi connectivity index (χ1) is 6.09. The molecule has 0 aromatic heterocycles. The van der Waals surface area contributed by atoms with E-state index in [1.807, 2.05) is 14.1 Å². The third kappa shape index (κ3) is 3.11. The smallest absolute Gasteiger partial charge is 0.0361 e. The van der Waals surface area contributed by atoms with Crippen LogP contribution in [0.4, 0.5) is 5.69 Å². The molecule has 13 heavy (non-hydrogen) atoms. The molecule has 0 N–H and O–H groups in total. The molecule has 0 saturated carbocycles. The van der Waals surface area contributed by atoms with Crippen molar-refractivity contribution in [1.82, 2.24) is 0 Å². The van der Waals surface area contributed by atoms with Gasteiger partial charge in [-0.05, 0) is 17.7 Å². The number of benzene rings is 1. The Balaban J connectivity index is 2.75. The first-order valence-electron chi connectivity index (χ1n) is 4.19. The Hall–Kier alpha value is -0.950. The van der Waals surface area contributed by atoms with Crippen LogP contribution in [0.1, 0.15) is 5.56 Å². The van der Waals surface area contributed by atoms with Gasteiger partial charge >= 0.3 is 0 Å². The molecule has 1 rings (SSSR count). The highest BCUT2D eigenvalue weighted by molar-refractivity contribution is 6.29. The molecule has 1 aromatic carbocycles. The first kappa shape index (κ1) is 10.1. The Bertz CT molecular complexity index is 287. The van der Waals surface area contributed by atoms with Crippen LogP contribution in [0.5, 0.6) is 0 Å². The van der Waals surface area contributed by atoms with E-state index in [1.165, 1.54) is 11.3 Å². The van der Waals surface area contributed by atoms with Crippen LogP contribution in [0.3, 0.4) is 0 Å². The maximum atomic E-state index is 5.71. The molecule has 0 amide bonds. The summed E-state index contributed by atoms with van der Waals surface area (Å²) in [6, 6.07) is 8.30. The molecule has 0 spiro atoms. The van der Waals surface area contributed by atoms with Gasteiger partial charge in [-0.1, -0.05) is 30.3 Å². The monoisotopic (exact) mass is 195 g/mol. The summed E-state index contributed by atoms with van der Waals surface area (Å²) in [5.41, 5.74) is 2.40. The molecule has 70 valence electrons. The molecular formula is C11H14ClN. The van der Waals surface area contributed by atoms with Gasteiger partial charge in [-0.2, -0.15) is 0 Å². The van der Waals surface area contributed by atoms with Crippen LogP contribution in [-0.2, 0) is 6.42 Å². The average Bonchev–Trinajstić information content (AvgIpc) is 2.04. The van der Waals surface area contributed by atoms with Crippen molar-refractivity contribution in [3.05, 3.63) is 41.4 Å². The zero-order valence-electron chi connectivity index (χ0n) is 8.05. The summed E-state index contributed by atoms with van der Waals surface area (Å²) in [4.78, 5) is 2.07. The lowest BCUT2D eigenvalue weighted by atomic mass is 10.1. The van der Waals surface area contributed by atoms with Gasteiger partial charge in [0.1, 0.15) is 0 Å². The Morgan fingerprint density at radius 1 is 1.31 bits per heavy atom. The zero-order chi connectivity index (χ0) is 9.84. The lowest BCUT2D eigenvalue weighted by molar-refractivity contribution is 1.12. The molecule has 0 aliphatic heterocycles. The number of rotatable bonds is 3. The average molecular weight is 196 g/mol. The predicted molar refractivity (Wildman–Crippen MR) is 59.5 cm³/mol. The van der Waals surface area contributed by atoms with E-state index in [0.717, 1.165) is 6.42 Å². The molecule has 0 unspecified atom stereocenters. The topological polar surface area (TPSA) is 3.24 Å². The molecule has 1 aromatic rings. The Kier molecular flexibility index (Phi) is 3.38. The fraction of sp³-hybridized carbons (Fsp3) is 0.273. The Labute approximate surface area is 84.6 Å². The highest BCUT2D eigenvalue weighted by atomic mass is 35.5. The van der Waals surface area contributed by atoms with Gasteiger partial charge in [-0.15, -0.1) is 0 Å². The predicted octanol–water partition coefficient (Wildman–Crippen LogP) is 3.05. The van der Waals surface area contributed by atoms with Crippen molar-refractivity contribution in [2.24, 2.45) is 0 Å². The van der Waals surface area contributed by atoms with Crippen LogP contribution in [0.15, 0.2) is 35.9 Å². The molecule has 0 radical (unpaired) electrons. The van der Waals surface area contributed by atoms with Crippen LogP contribution in [0.2, 0.25) is 0 Å². The second kappa shape index (κ2) is 4.33. The number of hydrogen-bond donors (Lipinski definition) is 0. The standard InChI is InChI=1S/C11H14ClN/c1-9(12)8-10-4-6-11(7-5-10)13(2)3/h4-7H,1,8H2,2-3H3. The van der Waals surface area contributed by atoms with Gasteiger partial charge in [0.15, 0.2) is 0 Å². The number of allylic oxidation sites excluding steroid dienone is 1. The zero-order valence-corrected chi connectivity index (χ0v) is 8.80. The molecule has 0 aliphatic rings. The van der Waals surface area contributed by atoms with E-state index in [0.29, 0.717) is 5.03 Å². The second-order valence-corrected chi connectivity index (χ2v) is 3.79. The van der Waals surface area contributed by atoms with Gasteiger partial charge in [-0.25, -0.2) is 0 Å². The second-order valence-electron chi connectivity index (χ2n) is 3.25. The van der Waals surface area contributed by atoms with Gasteiger partial charge in [0, 0.05) is 31.2 Å².